The van der Waals surface area contributed by atoms with Crippen molar-refractivity contribution in [3.05, 3.63) is 29.8 Å². The molecule has 2 N–H and O–H groups in total. The zero-order chi connectivity index (χ0) is 11.5. The van der Waals surface area contributed by atoms with Crippen LogP contribution >= 0.6 is 0 Å². The van der Waals surface area contributed by atoms with Crippen molar-refractivity contribution >= 4 is 5.69 Å². The predicted molar refractivity (Wildman–Crippen MR) is 69.7 cm³/mol. The van der Waals surface area contributed by atoms with E-state index in [-0.39, 0.29) is 6.04 Å². The standard InChI is InChI=1S/C14H22N2/c1-16(2)13-8-6-12(7-9-13)14(15)10-5-11-3-4-11/h6-9,11,14H,3-5,10,15H2,1-2H3. The average Bonchev–Trinajstić information content (AvgIpc) is 3.10. The molecule has 2 heteroatoms. The maximum absolute atomic E-state index is 6.18. The van der Waals surface area contributed by atoms with Crippen LogP contribution in [0.5, 0.6) is 0 Å². The number of nitrogens with two attached hydrogens (primary N) is 1. The van der Waals surface area contributed by atoms with Crippen LogP contribution < -0.4 is 10.6 Å². The van der Waals surface area contributed by atoms with Gasteiger partial charge in [0.25, 0.3) is 0 Å². The SMILES string of the molecule is CN(C)c1ccc(C(N)CCC2CC2)cc1. The van der Waals surface area contributed by atoms with E-state index in [2.05, 4.69) is 43.3 Å². The van der Waals surface area contributed by atoms with Gasteiger partial charge in [0.2, 0.25) is 0 Å². The van der Waals surface area contributed by atoms with Gasteiger partial charge < -0.3 is 10.6 Å². The lowest BCUT2D eigenvalue weighted by molar-refractivity contribution is 0.575. The Morgan fingerprint density at radius 2 is 1.88 bits per heavy atom. The van der Waals surface area contributed by atoms with Crippen LogP contribution in [0.2, 0.25) is 0 Å². The van der Waals surface area contributed by atoms with Crippen LogP contribution in [0, 0.1) is 5.92 Å². The molecule has 16 heavy (non-hydrogen) atoms. The Morgan fingerprint density at radius 1 is 1.25 bits per heavy atom. The third kappa shape index (κ3) is 2.99. The second kappa shape index (κ2) is 4.88. The second-order valence-corrected chi connectivity index (χ2v) is 5.11. The van der Waals surface area contributed by atoms with E-state index in [0.717, 1.165) is 12.3 Å². The molecule has 0 heterocycles. The van der Waals surface area contributed by atoms with Gasteiger partial charge in [0, 0.05) is 25.8 Å². The second-order valence-electron chi connectivity index (χ2n) is 5.11. The summed E-state index contributed by atoms with van der Waals surface area (Å²) in [5.74, 6) is 0.979. The Labute approximate surface area is 98.4 Å². The fourth-order valence-electron chi connectivity index (χ4n) is 2.01. The van der Waals surface area contributed by atoms with E-state index >= 15 is 0 Å². The van der Waals surface area contributed by atoms with Crippen molar-refractivity contribution in [1.29, 1.82) is 0 Å². The first-order valence-corrected chi connectivity index (χ1v) is 6.19. The van der Waals surface area contributed by atoms with Gasteiger partial charge in [0.05, 0.1) is 0 Å². The average molecular weight is 218 g/mol. The van der Waals surface area contributed by atoms with Gasteiger partial charge in [-0.1, -0.05) is 25.0 Å². The van der Waals surface area contributed by atoms with E-state index in [9.17, 15) is 0 Å². The maximum atomic E-state index is 6.18. The van der Waals surface area contributed by atoms with Crippen LogP contribution in [-0.2, 0) is 0 Å². The van der Waals surface area contributed by atoms with E-state index < -0.39 is 0 Å². The Kier molecular flexibility index (Phi) is 3.49. The zero-order valence-corrected chi connectivity index (χ0v) is 10.3. The summed E-state index contributed by atoms with van der Waals surface area (Å²) in [5, 5.41) is 0. The summed E-state index contributed by atoms with van der Waals surface area (Å²) >= 11 is 0. The van der Waals surface area contributed by atoms with Crippen LogP contribution in [0.3, 0.4) is 0 Å². The fourth-order valence-corrected chi connectivity index (χ4v) is 2.01. The monoisotopic (exact) mass is 218 g/mol. The highest BCUT2D eigenvalue weighted by atomic mass is 15.1. The number of rotatable bonds is 5. The minimum absolute atomic E-state index is 0.219. The molecule has 1 aliphatic rings. The van der Waals surface area contributed by atoms with Crippen molar-refractivity contribution in [2.24, 2.45) is 11.7 Å². The summed E-state index contributed by atoms with van der Waals surface area (Å²) in [6, 6.07) is 8.83. The molecule has 0 aromatic heterocycles. The van der Waals surface area contributed by atoms with E-state index in [1.54, 1.807) is 0 Å². The van der Waals surface area contributed by atoms with Gasteiger partial charge in [-0.15, -0.1) is 0 Å². The first-order valence-electron chi connectivity index (χ1n) is 6.19. The molecule has 1 atom stereocenters. The molecule has 0 spiro atoms. The van der Waals surface area contributed by atoms with Gasteiger partial charge in [-0.25, -0.2) is 0 Å². The molecular weight excluding hydrogens is 196 g/mol. The quantitative estimate of drug-likeness (QED) is 0.823. The third-order valence-electron chi connectivity index (χ3n) is 3.42. The number of hydrogen-bond donors (Lipinski definition) is 1. The molecule has 1 aromatic rings. The fraction of sp³-hybridized carbons (Fsp3) is 0.571. The van der Waals surface area contributed by atoms with Crippen LogP contribution in [-0.4, -0.2) is 14.1 Å². The molecule has 1 aliphatic carbocycles. The highest BCUT2D eigenvalue weighted by Crippen LogP contribution is 2.35. The van der Waals surface area contributed by atoms with Crippen molar-refractivity contribution in [3.8, 4) is 0 Å². The van der Waals surface area contributed by atoms with Crippen LogP contribution in [0.1, 0.15) is 37.3 Å². The minimum Gasteiger partial charge on any atom is -0.378 e. The number of benzene rings is 1. The van der Waals surface area contributed by atoms with E-state index in [1.807, 2.05) is 0 Å². The van der Waals surface area contributed by atoms with Crippen LogP contribution in [0.15, 0.2) is 24.3 Å². The lowest BCUT2D eigenvalue weighted by Gasteiger charge is -2.15. The van der Waals surface area contributed by atoms with Gasteiger partial charge in [0.15, 0.2) is 0 Å². The van der Waals surface area contributed by atoms with E-state index in [4.69, 9.17) is 5.73 Å². The first-order chi connectivity index (χ1) is 7.66. The molecule has 0 aliphatic heterocycles. The smallest absolute Gasteiger partial charge is 0.0361 e. The molecule has 2 rings (SSSR count). The Balaban J connectivity index is 1.91. The van der Waals surface area contributed by atoms with Gasteiger partial charge in [-0.3, -0.25) is 0 Å². The van der Waals surface area contributed by atoms with E-state index in [1.165, 1.54) is 30.5 Å². The van der Waals surface area contributed by atoms with Crippen molar-refractivity contribution in [2.75, 3.05) is 19.0 Å². The number of anilines is 1. The molecule has 0 bridgehead atoms. The molecule has 0 saturated heterocycles. The predicted octanol–water partition coefficient (Wildman–Crippen LogP) is 2.94. The summed E-state index contributed by atoms with van der Waals surface area (Å²) in [5.41, 5.74) is 8.69. The van der Waals surface area contributed by atoms with Crippen LogP contribution in [0.4, 0.5) is 5.69 Å². The van der Waals surface area contributed by atoms with Gasteiger partial charge in [0.1, 0.15) is 0 Å². The molecular formula is C14H22N2. The zero-order valence-electron chi connectivity index (χ0n) is 10.3. The topological polar surface area (TPSA) is 29.3 Å². The van der Waals surface area contributed by atoms with Gasteiger partial charge in [-0.05, 0) is 36.5 Å². The summed E-state index contributed by atoms with van der Waals surface area (Å²) in [6.07, 6.45) is 5.28. The van der Waals surface area contributed by atoms with Crippen molar-refractivity contribution < 1.29 is 0 Å². The summed E-state index contributed by atoms with van der Waals surface area (Å²) in [7, 11) is 4.12. The van der Waals surface area contributed by atoms with Crippen molar-refractivity contribution in [3.63, 3.8) is 0 Å². The van der Waals surface area contributed by atoms with Gasteiger partial charge >= 0.3 is 0 Å². The normalized spacial score (nSPS) is 17.2. The Hall–Kier alpha value is -1.02. The van der Waals surface area contributed by atoms with Crippen LogP contribution in [0.25, 0.3) is 0 Å². The summed E-state index contributed by atoms with van der Waals surface area (Å²) < 4.78 is 0. The highest BCUT2D eigenvalue weighted by molar-refractivity contribution is 5.46. The molecule has 1 aromatic carbocycles. The molecule has 0 radical (unpaired) electrons. The molecule has 88 valence electrons. The molecule has 0 amide bonds. The number of hydrogen-bond acceptors (Lipinski definition) is 2. The minimum atomic E-state index is 0.219. The van der Waals surface area contributed by atoms with Crippen molar-refractivity contribution in [1.82, 2.24) is 0 Å². The summed E-state index contributed by atoms with van der Waals surface area (Å²) in [4.78, 5) is 2.11. The lowest BCUT2D eigenvalue weighted by Crippen LogP contribution is -2.12. The molecule has 2 nitrogen and oxygen atoms in total. The molecule has 1 fully saturated rings. The third-order valence-corrected chi connectivity index (χ3v) is 3.42. The molecule has 1 saturated carbocycles. The maximum Gasteiger partial charge on any atom is 0.0361 e. The Morgan fingerprint density at radius 3 is 2.38 bits per heavy atom. The molecule has 1 unspecified atom stereocenters. The highest BCUT2D eigenvalue weighted by Gasteiger charge is 2.21. The van der Waals surface area contributed by atoms with E-state index in [0.29, 0.717) is 0 Å². The van der Waals surface area contributed by atoms with Gasteiger partial charge in [-0.2, -0.15) is 0 Å². The first kappa shape index (κ1) is 11.5. The van der Waals surface area contributed by atoms with Crippen molar-refractivity contribution in [2.45, 2.75) is 31.7 Å². The number of nitrogens with zero attached hydrogens (tertiary/aromatic N) is 1. The lowest BCUT2D eigenvalue weighted by atomic mass is 10.0. The largest absolute Gasteiger partial charge is 0.378 e. The summed E-state index contributed by atoms with van der Waals surface area (Å²) in [6.45, 7) is 0. The Bertz CT molecular complexity index is 325.